The SMILES string of the molecule is CCn1nc(C)cc1C(N)c1ccccc1OCCOC. The predicted molar refractivity (Wildman–Crippen MR) is 82.5 cm³/mol. The van der Waals surface area contributed by atoms with E-state index < -0.39 is 0 Å². The number of rotatable bonds is 7. The molecule has 0 amide bonds. The topological polar surface area (TPSA) is 62.3 Å². The van der Waals surface area contributed by atoms with E-state index in [1.807, 2.05) is 41.9 Å². The highest BCUT2D eigenvalue weighted by Gasteiger charge is 2.18. The average molecular weight is 289 g/mol. The van der Waals surface area contributed by atoms with Gasteiger partial charge in [-0.3, -0.25) is 4.68 Å². The first-order chi connectivity index (χ1) is 10.2. The van der Waals surface area contributed by atoms with E-state index in [1.54, 1.807) is 7.11 Å². The number of para-hydroxylation sites is 1. The first kappa shape index (κ1) is 15.5. The summed E-state index contributed by atoms with van der Waals surface area (Å²) in [6.07, 6.45) is 0. The number of methoxy groups -OCH3 is 1. The number of aryl methyl sites for hydroxylation is 2. The van der Waals surface area contributed by atoms with Crippen LogP contribution in [0.4, 0.5) is 0 Å². The fourth-order valence-electron chi connectivity index (χ4n) is 2.33. The van der Waals surface area contributed by atoms with Gasteiger partial charge < -0.3 is 15.2 Å². The molecule has 5 heteroatoms. The molecule has 0 saturated heterocycles. The van der Waals surface area contributed by atoms with Gasteiger partial charge in [-0.1, -0.05) is 18.2 Å². The van der Waals surface area contributed by atoms with Crippen molar-refractivity contribution in [1.29, 1.82) is 0 Å². The molecule has 1 aromatic heterocycles. The summed E-state index contributed by atoms with van der Waals surface area (Å²) in [5, 5.41) is 4.46. The molecule has 1 atom stereocenters. The summed E-state index contributed by atoms with van der Waals surface area (Å²) in [5.74, 6) is 0.795. The Balaban J connectivity index is 2.27. The summed E-state index contributed by atoms with van der Waals surface area (Å²) < 4.78 is 12.7. The lowest BCUT2D eigenvalue weighted by Crippen LogP contribution is -2.18. The lowest BCUT2D eigenvalue weighted by Gasteiger charge is -2.17. The van der Waals surface area contributed by atoms with Crippen molar-refractivity contribution in [1.82, 2.24) is 9.78 Å². The number of aromatic nitrogens is 2. The zero-order chi connectivity index (χ0) is 15.2. The Morgan fingerprint density at radius 2 is 2.05 bits per heavy atom. The van der Waals surface area contributed by atoms with Crippen LogP contribution in [0.25, 0.3) is 0 Å². The van der Waals surface area contributed by atoms with Crippen LogP contribution >= 0.6 is 0 Å². The number of benzene rings is 1. The van der Waals surface area contributed by atoms with Gasteiger partial charge in [0.25, 0.3) is 0 Å². The Morgan fingerprint density at radius 1 is 1.29 bits per heavy atom. The van der Waals surface area contributed by atoms with E-state index in [2.05, 4.69) is 12.0 Å². The van der Waals surface area contributed by atoms with E-state index >= 15 is 0 Å². The third-order valence-electron chi connectivity index (χ3n) is 3.35. The molecule has 0 spiro atoms. The van der Waals surface area contributed by atoms with Gasteiger partial charge in [-0.25, -0.2) is 0 Å². The van der Waals surface area contributed by atoms with Crippen molar-refractivity contribution in [2.75, 3.05) is 20.3 Å². The maximum Gasteiger partial charge on any atom is 0.124 e. The fourth-order valence-corrected chi connectivity index (χ4v) is 2.33. The minimum absolute atomic E-state index is 0.259. The largest absolute Gasteiger partial charge is 0.491 e. The lowest BCUT2D eigenvalue weighted by atomic mass is 10.0. The zero-order valence-corrected chi connectivity index (χ0v) is 12.9. The summed E-state index contributed by atoms with van der Waals surface area (Å²) in [4.78, 5) is 0. The molecule has 0 fully saturated rings. The highest BCUT2D eigenvalue weighted by molar-refractivity contribution is 5.40. The lowest BCUT2D eigenvalue weighted by molar-refractivity contribution is 0.145. The number of hydrogen-bond donors (Lipinski definition) is 1. The second-order valence-electron chi connectivity index (χ2n) is 4.88. The van der Waals surface area contributed by atoms with Gasteiger partial charge in [0.05, 0.1) is 24.0 Å². The molecule has 21 heavy (non-hydrogen) atoms. The molecule has 0 aliphatic carbocycles. The van der Waals surface area contributed by atoms with Gasteiger partial charge in [0.15, 0.2) is 0 Å². The van der Waals surface area contributed by atoms with E-state index in [-0.39, 0.29) is 6.04 Å². The second-order valence-corrected chi connectivity index (χ2v) is 4.88. The summed E-state index contributed by atoms with van der Waals surface area (Å²) in [6.45, 7) is 5.89. The van der Waals surface area contributed by atoms with Crippen LogP contribution in [0.15, 0.2) is 30.3 Å². The van der Waals surface area contributed by atoms with Gasteiger partial charge in [-0.05, 0) is 26.0 Å². The molecule has 2 N–H and O–H groups in total. The van der Waals surface area contributed by atoms with Crippen molar-refractivity contribution in [2.45, 2.75) is 26.4 Å². The van der Waals surface area contributed by atoms with Crippen LogP contribution in [0.2, 0.25) is 0 Å². The van der Waals surface area contributed by atoms with Gasteiger partial charge in [-0.2, -0.15) is 5.10 Å². The Hall–Kier alpha value is -1.85. The molecule has 2 aromatic rings. The fraction of sp³-hybridized carbons (Fsp3) is 0.438. The first-order valence-corrected chi connectivity index (χ1v) is 7.18. The highest BCUT2D eigenvalue weighted by atomic mass is 16.5. The number of nitrogens with zero attached hydrogens (tertiary/aromatic N) is 2. The van der Waals surface area contributed by atoms with E-state index in [1.165, 1.54) is 0 Å². The third kappa shape index (κ3) is 3.62. The molecule has 1 unspecified atom stereocenters. The minimum Gasteiger partial charge on any atom is -0.491 e. The van der Waals surface area contributed by atoms with Crippen molar-refractivity contribution in [3.8, 4) is 5.75 Å². The Kier molecular flexibility index (Phi) is 5.36. The molecule has 5 nitrogen and oxygen atoms in total. The quantitative estimate of drug-likeness (QED) is 0.794. The van der Waals surface area contributed by atoms with Crippen LogP contribution in [-0.4, -0.2) is 30.1 Å². The van der Waals surface area contributed by atoms with Crippen LogP contribution in [0.1, 0.15) is 29.9 Å². The molecule has 0 aliphatic rings. The summed E-state index contributed by atoms with van der Waals surface area (Å²) in [7, 11) is 1.66. The van der Waals surface area contributed by atoms with Crippen molar-refractivity contribution in [2.24, 2.45) is 5.73 Å². The molecule has 0 saturated carbocycles. The second kappa shape index (κ2) is 7.24. The summed E-state index contributed by atoms with van der Waals surface area (Å²) in [5.41, 5.74) is 9.37. The Morgan fingerprint density at radius 3 is 2.76 bits per heavy atom. The van der Waals surface area contributed by atoms with Crippen LogP contribution in [0.3, 0.4) is 0 Å². The van der Waals surface area contributed by atoms with E-state index in [9.17, 15) is 0 Å². The normalized spacial score (nSPS) is 12.4. The van der Waals surface area contributed by atoms with Gasteiger partial charge in [0, 0.05) is 19.2 Å². The Labute approximate surface area is 125 Å². The third-order valence-corrected chi connectivity index (χ3v) is 3.35. The maximum atomic E-state index is 6.44. The molecular formula is C16H23N3O2. The van der Waals surface area contributed by atoms with Crippen LogP contribution in [-0.2, 0) is 11.3 Å². The zero-order valence-electron chi connectivity index (χ0n) is 12.9. The molecule has 1 heterocycles. The first-order valence-electron chi connectivity index (χ1n) is 7.18. The standard InChI is InChI=1S/C16H23N3O2/c1-4-19-14(11-12(2)18-19)16(17)13-7-5-6-8-15(13)21-10-9-20-3/h5-8,11,16H,4,9-10,17H2,1-3H3. The van der Waals surface area contributed by atoms with Crippen molar-refractivity contribution in [3.63, 3.8) is 0 Å². The average Bonchev–Trinajstić information content (AvgIpc) is 2.88. The van der Waals surface area contributed by atoms with Gasteiger partial charge in [-0.15, -0.1) is 0 Å². The number of nitrogens with two attached hydrogens (primary N) is 1. The minimum atomic E-state index is -0.259. The number of ether oxygens (including phenoxy) is 2. The van der Waals surface area contributed by atoms with Crippen LogP contribution in [0, 0.1) is 6.92 Å². The highest BCUT2D eigenvalue weighted by Crippen LogP contribution is 2.28. The summed E-state index contributed by atoms with van der Waals surface area (Å²) >= 11 is 0. The molecule has 1 aromatic carbocycles. The van der Waals surface area contributed by atoms with Crippen molar-refractivity contribution < 1.29 is 9.47 Å². The van der Waals surface area contributed by atoms with Gasteiger partial charge in [0.2, 0.25) is 0 Å². The van der Waals surface area contributed by atoms with E-state index in [4.69, 9.17) is 15.2 Å². The van der Waals surface area contributed by atoms with Gasteiger partial charge >= 0.3 is 0 Å². The molecule has 0 bridgehead atoms. The summed E-state index contributed by atoms with van der Waals surface area (Å²) in [6, 6.07) is 9.61. The molecule has 2 rings (SSSR count). The van der Waals surface area contributed by atoms with Crippen LogP contribution in [0.5, 0.6) is 5.75 Å². The van der Waals surface area contributed by atoms with Gasteiger partial charge in [0.1, 0.15) is 12.4 Å². The maximum absolute atomic E-state index is 6.44. The number of hydrogen-bond acceptors (Lipinski definition) is 4. The molecule has 0 radical (unpaired) electrons. The predicted octanol–water partition coefficient (Wildman–Crippen LogP) is 2.28. The van der Waals surface area contributed by atoms with E-state index in [0.29, 0.717) is 13.2 Å². The van der Waals surface area contributed by atoms with E-state index in [0.717, 1.165) is 29.2 Å². The van der Waals surface area contributed by atoms with Crippen LogP contribution < -0.4 is 10.5 Å². The monoisotopic (exact) mass is 289 g/mol. The van der Waals surface area contributed by atoms with Crippen molar-refractivity contribution in [3.05, 3.63) is 47.3 Å². The Bertz CT molecular complexity index is 581. The molecule has 0 aliphatic heterocycles. The smallest absolute Gasteiger partial charge is 0.124 e. The van der Waals surface area contributed by atoms with Crippen molar-refractivity contribution >= 4 is 0 Å². The molecule has 114 valence electrons. The molecular weight excluding hydrogens is 266 g/mol.